The smallest absolute Gasteiger partial charge is 0.139 e. The van der Waals surface area contributed by atoms with E-state index in [-0.39, 0.29) is 6.10 Å². The molecule has 2 atom stereocenters. The maximum atomic E-state index is 5.96. The molecule has 0 radical (unpaired) electrons. The zero-order chi connectivity index (χ0) is 15.6. The first-order chi connectivity index (χ1) is 11.4. The average molecular weight is 310 g/mol. The van der Waals surface area contributed by atoms with E-state index in [9.17, 15) is 0 Å². The number of rotatable bonds is 5. The van der Waals surface area contributed by atoms with Crippen LogP contribution in [0.1, 0.15) is 30.8 Å². The van der Waals surface area contributed by atoms with Crippen molar-refractivity contribution in [3.8, 4) is 0 Å². The third kappa shape index (κ3) is 2.66. The Morgan fingerprint density at radius 2 is 2.35 bits per heavy atom. The van der Waals surface area contributed by atoms with Gasteiger partial charge in [0.1, 0.15) is 11.9 Å². The summed E-state index contributed by atoms with van der Waals surface area (Å²) in [6.45, 7) is 4.68. The highest BCUT2D eigenvalue weighted by atomic mass is 16.5. The number of aromatic amines is 1. The van der Waals surface area contributed by atoms with Gasteiger partial charge >= 0.3 is 0 Å². The molecule has 1 aromatic carbocycles. The standard InChI is InChI=1S/C18H22N4O/c1-2-22-10-9-20-18(22)17-16(7-11-23-17)21-12-13-4-3-5-15-14(13)6-8-19-15/h3-6,8-10,16-17,19,21H,2,7,11-12H2,1H3/t16-,17-/m0/s1. The van der Waals surface area contributed by atoms with Gasteiger partial charge < -0.3 is 19.6 Å². The summed E-state index contributed by atoms with van der Waals surface area (Å²) in [7, 11) is 0. The highest BCUT2D eigenvalue weighted by molar-refractivity contribution is 5.82. The van der Waals surface area contributed by atoms with Crippen molar-refractivity contribution >= 4 is 10.9 Å². The lowest BCUT2D eigenvalue weighted by Gasteiger charge is -2.20. The van der Waals surface area contributed by atoms with Gasteiger partial charge in [-0.2, -0.15) is 0 Å². The van der Waals surface area contributed by atoms with Crippen molar-refractivity contribution in [2.24, 2.45) is 0 Å². The molecule has 2 N–H and O–H groups in total. The summed E-state index contributed by atoms with van der Waals surface area (Å²) >= 11 is 0. The monoisotopic (exact) mass is 310 g/mol. The van der Waals surface area contributed by atoms with Crippen molar-refractivity contribution in [2.45, 2.75) is 38.6 Å². The highest BCUT2D eigenvalue weighted by Gasteiger charge is 2.32. The second-order valence-electron chi connectivity index (χ2n) is 5.99. The van der Waals surface area contributed by atoms with E-state index in [1.807, 2.05) is 18.6 Å². The predicted octanol–water partition coefficient (Wildman–Crippen LogP) is 3.00. The predicted molar refractivity (Wildman–Crippen MR) is 90.1 cm³/mol. The highest BCUT2D eigenvalue weighted by Crippen LogP contribution is 2.28. The zero-order valence-electron chi connectivity index (χ0n) is 13.3. The van der Waals surface area contributed by atoms with Gasteiger partial charge in [0.25, 0.3) is 0 Å². The number of hydrogen-bond acceptors (Lipinski definition) is 3. The Labute approximate surface area is 135 Å². The third-order valence-corrected chi connectivity index (χ3v) is 4.67. The first-order valence-corrected chi connectivity index (χ1v) is 8.28. The number of H-pyrrole nitrogens is 1. The summed E-state index contributed by atoms with van der Waals surface area (Å²) in [4.78, 5) is 7.78. The second-order valence-corrected chi connectivity index (χ2v) is 5.99. The molecule has 1 fully saturated rings. The molecular formula is C18H22N4O. The van der Waals surface area contributed by atoms with Crippen LogP contribution in [0.15, 0.2) is 42.9 Å². The van der Waals surface area contributed by atoms with Crippen molar-refractivity contribution in [3.63, 3.8) is 0 Å². The van der Waals surface area contributed by atoms with Gasteiger partial charge in [-0.25, -0.2) is 4.98 Å². The minimum Gasteiger partial charge on any atom is -0.369 e. The fraction of sp³-hybridized carbons (Fsp3) is 0.389. The Bertz CT molecular complexity index is 791. The summed E-state index contributed by atoms with van der Waals surface area (Å²) in [5.74, 6) is 1.03. The fourth-order valence-corrected chi connectivity index (χ4v) is 3.44. The van der Waals surface area contributed by atoms with Crippen LogP contribution in [0.4, 0.5) is 0 Å². The molecule has 0 aliphatic carbocycles. The quantitative estimate of drug-likeness (QED) is 0.761. The molecule has 2 aromatic heterocycles. The Balaban J connectivity index is 1.51. The Morgan fingerprint density at radius 3 is 3.26 bits per heavy atom. The van der Waals surface area contributed by atoms with E-state index in [2.05, 4.69) is 51.0 Å². The number of ether oxygens (including phenoxy) is 1. The van der Waals surface area contributed by atoms with Crippen LogP contribution < -0.4 is 5.32 Å². The molecule has 0 spiro atoms. The number of fused-ring (bicyclic) bond motifs is 1. The lowest BCUT2D eigenvalue weighted by atomic mass is 10.1. The largest absolute Gasteiger partial charge is 0.369 e. The molecule has 5 nitrogen and oxygen atoms in total. The SMILES string of the molecule is CCn1ccnc1[C@H]1OCC[C@@H]1NCc1cccc2[nH]ccc12. The van der Waals surface area contributed by atoms with Crippen LogP contribution in [0, 0.1) is 0 Å². The van der Waals surface area contributed by atoms with E-state index >= 15 is 0 Å². The first-order valence-electron chi connectivity index (χ1n) is 8.28. The molecule has 3 aromatic rings. The van der Waals surface area contributed by atoms with Gasteiger partial charge in [0.15, 0.2) is 0 Å². The van der Waals surface area contributed by atoms with Crippen molar-refractivity contribution in [3.05, 3.63) is 54.2 Å². The molecule has 0 amide bonds. The Kier molecular flexibility index (Phi) is 3.89. The molecule has 120 valence electrons. The van der Waals surface area contributed by atoms with E-state index in [0.717, 1.165) is 31.9 Å². The third-order valence-electron chi connectivity index (χ3n) is 4.67. The maximum Gasteiger partial charge on any atom is 0.139 e. The first kappa shape index (κ1) is 14.5. The van der Waals surface area contributed by atoms with Crippen LogP contribution in [0.3, 0.4) is 0 Å². The van der Waals surface area contributed by atoms with Gasteiger partial charge in [-0.05, 0) is 31.0 Å². The number of nitrogens with zero attached hydrogens (tertiary/aromatic N) is 2. The van der Waals surface area contributed by atoms with Crippen molar-refractivity contribution in [1.29, 1.82) is 0 Å². The van der Waals surface area contributed by atoms with E-state index in [1.165, 1.54) is 16.5 Å². The fourth-order valence-electron chi connectivity index (χ4n) is 3.44. The van der Waals surface area contributed by atoms with Crippen molar-refractivity contribution in [1.82, 2.24) is 19.9 Å². The number of nitrogens with one attached hydrogen (secondary N) is 2. The molecule has 4 rings (SSSR count). The van der Waals surface area contributed by atoms with Crippen molar-refractivity contribution < 1.29 is 4.74 Å². The van der Waals surface area contributed by atoms with E-state index < -0.39 is 0 Å². The lowest BCUT2D eigenvalue weighted by molar-refractivity contribution is 0.0886. The van der Waals surface area contributed by atoms with E-state index in [1.54, 1.807) is 0 Å². The molecule has 1 aliphatic heterocycles. The average Bonchev–Trinajstić information content (AvgIpc) is 3.30. The molecule has 0 saturated carbocycles. The van der Waals surface area contributed by atoms with Gasteiger partial charge in [0.2, 0.25) is 0 Å². The molecule has 1 aliphatic rings. The second kappa shape index (κ2) is 6.18. The maximum absolute atomic E-state index is 5.96. The van der Waals surface area contributed by atoms with E-state index in [0.29, 0.717) is 6.04 Å². The summed E-state index contributed by atoms with van der Waals surface area (Å²) in [5, 5.41) is 4.96. The molecule has 3 heterocycles. The van der Waals surface area contributed by atoms with Gasteiger partial charge in [0, 0.05) is 55.2 Å². The number of hydrogen-bond donors (Lipinski definition) is 2. The molecular weight excluding hydrogens is 288 g/mol. The molecule has 5 heteroatoms. The molecule has 0 bridgehead atoms. The van der Waals surface area contributed by atoms with Crippen LogP contribution in [0.5, 0.6) is 0 Å². The topological polar surface area (TPSA) is 54.9 Å². The van der Waals surface area contributed by atoms with Gasteiger partial charge in [-0.1, -0.05) is 12.1 Å². The number of benzene rings is 1. The summed E-state index contributed by atoms with van der Waals surface area (Å²) in [5.41, 5.74) is 2.50. The lowest BCUT2D eigenvalue weighted by Crippen LogP contribution is -2.32. The van der Waals surface area contributed by atoms with E-state index in [4.69, 9.17) is 4.74 Å². The van der Waals surface area contributed by atoms with Crippen LogP contribution >= 0.6 is 0 Å². The zero-order valence-corrected chi connectivity index (χ0v) is 13.3. The summed E-state index contributed by atoms with van der Waals surface area (Å²) < 4.78 is 8.13. The number of aromatic nitrogens is 3. The van der Waals surface area contributed by atoms with Crippen molar-refractivity contribution in [2.75, 3.05) is 6.61 Å². The van der Waals surface area contributed by atoms with Gasteiger partial charge in [-0.3, -0.25) is 0 Å². The Hall–Kier alpha value is -2.11. The molecule has 23 heavy (non-hydrogen) atoms. The summed E-state index contributed by atoms with van der Waals surface area (Å²) in [6, 6.07) is 8.83. The van der Waals surface area contributed by atoms with Crippen LogP contribution in [0.25, 0.3) is 10.9 Å². The number of aryl methyl sites for hydroxylation is 1. The minimum absolute atomic E-state index is 0.0374. The van der Waals surface area contributed by atoms with Gasteiger partial charge in [-0.15, -0.1) is 0 Å². The Morgan fingerprint density at radius 1 is 1.39 bits per heavy atom. The molecule has 0 unspecified atom stereocenters. The normalized spacial score (nSPS) is 21.3. The summed E-state index contributed by atoms with van der Waals surface area (Å²) in [6.07, 6.45) is 6.93. The van der Waals surface area contributed by atoms with Crippen LogP contribution in [-0.2, 0) is 17.8 Å². The number of imidazole rings is 1. The minimum atomic E-state index is 0.0374. The van der Waals surface area contributed by atoms with Crippen LogP contribution in [0.2, 0.25) is 0 Å². The van der Waals surface area contributed by atoms with Gasteiger partial charge in [0.05, 0.1) is 0 Å². The van der Waals surface area contributed by atoms with Crippen LogP contribution in [-0.4, -0.2) is 27.2 Å². The molecule has 1 saturated heterocycles.